The Morgan fingerprint density at radius 1 is 1.06 bits per heavy atom. The van der Waals surface area contributed by atoms with Crippen molar-refractivity contribution in [3.05, 3.63) is 28.2 Å². The number of rotatable bonds is 6. The molecule has 0 saturated carbocycles. The highest BCUT2D eigenvalue weighted by atomic mass is 35.5. The number of imide groups is 1. The number of carbonyl (C=O) groups excluding carboxylic acids is 2. The Kier molecular flexibility index (Phi) is 6.50. The number of amidine groups is 1. The molecule has 10 heteroatoms. The number of anilines is 1. The zero-order chi connectivity index (χ0) is 22.1. The first kappa shape index (κ1) is 22.0. The molecule has 0 spiro atoms. The van der Waals surface area contributed by atoms with Crippen molar-refractivity contribution in [2.45, 2.75) is 18.9 Å². The number of carbonyl (C=O) groups is 2. The predicted octanol–water partition coefficient (Wildman–Crippen LogP) is 2.24. The van der Waals surface area contributed by atoms with E-state index in [1.807, 2.05) is 18.2 Å². The molecule has 4 rings (SSSR count). The molecule has 166 valence electrons. The number of likely N-dealkylation sites (N-methyl/N-ethyl adjacent to an activating group) is 2. The van der Waals surface area contributed by atoms with E-state index in [2.05, 4.69) is 14.8 Å². The minimum atomic E-state index is -0.489. The van der Waals surface area contributed by atoms with E-state index >= 15 is 0 Å². The van der Waals surface area contributed by atoms with Crippen molar-refractivity contribution < 1.29 is 14.2 Å². The SMILES string of the molecule is CN1C(=O)N(CCCCN2CCN(c3ccc(Cl)c(Cl)c3)CC2)C(=O)C2C1=NC=[N+]2C. The molecule has 1 unspecified atom stereocenters. The van der Waals surface area contributed by atoms with Crippen LogP contribution in [0.2, 0.25) is 10.0 Å². The van der Waals surface area contributed by atoms with Gasteiger partial charge in [-0.3, -0.25) is 19.5 Å². The van der Waals surface area contributed by atoms with Crippen molar-refractivity contribution in [2.24, 2.45) is 4.99 Å². The molecule has 0 radical (unpaired) electrons. The fourth-order valence-corrected chi connectivity index (χ4v) is 4.56. The third kappa shape index (κ3) is 4.42. The summed E-state index contributed by atoms with van der Waals surface area (Å²) in [7, 11) is 3.48. The lowest BCUT2D eigenvalue weighted by Gasteiger charge is -2.36. The van der Waals surface area contributed by atoms with Crippen LogP contribution in [0.1, 0.15) is 12.8 Å². The summed E-state index contributed by atoms with van der Waals surface area (Å²) in [5, 5.41) is 1.15. The number of hydrogen-bond acceptors (Lipinski definition) is 5. The molecule has 31 heavy (non-hydrogen) atoms. The van der Waals surface area contributed by atoms with Crippen molar-refractivity contribution in [1.82, 2.24) is 14.7 Å². The number of hydrogen-bond donors (Lipinski definition) is 0. The minimum Gasteiger partial charge on any atom is -0.369 e. The molecule has 1 atom stereocenters. The average molecular weight is 466 g/mol. The number of halogens is 2. The normalized spacial score (nSPS) is 22.1. The number of fused-ring (bicyclic) bond motifs is 1. The number of benzene rings is 1. The Bertz CT molecular complexity index is 942. The van der Waals surface area contributed by atoms with Gasteiger partial charge in [0.25, 0.3) is 24.1 Å². The highest BCUT2D eigenvalue weighted by Gasteiger charge is 2.50. The van der Waals surface area contributed by atoms with Crippen LogP contribution in [0.3, 0.4) is 0 Å². The molecule has 3 aliphatic heterocycles. The van der Waals surface area contributed by atoms with Crippen LogP contribution in [-0.2, 0) is 4.79 Å². The van der Waals surface area contributed by atoms with Gasteiger partial charge in [-0.2, -0.15) is 0 Å². The summed E-state index contributed by atoms with van der Waals surface area (Å²) in [6.07, 6.45) is 3.31. The molecule has 3 amide bonds. The second-order valence-corrected chi connectivity index (χ2v) is 8.95. The van der Waals surface area contributed by atoms with Gasteiger partial charge in [0.2, 0.25) is 0 Å². The van der Waals surface area contributed by atoms with Crippen LogP contribution in [-0.4, -0.2) is 103 Å². The van der Waals surface area contributed by atoms with Crippen molar-refractivity contribution in [1.29, 1.82) is 0 Å². The van der Waals surface area contributed by atoms with Gasteiger partial charge >= 0.3 is 6.03 Å². The molecule has 2 fully saturated rings. The van der Waals surface area contributed by atoms with E-state index in [0.717, 1.165) is 51.3 Å². The van der Waals surface area contributed by atoms with Crippen molar-refractivity contribution in [3.63, 3.8) is 0 Å². The topological polar surface area (TPSA) is 62.5 Å². The maximum Gasteiger partial charge on any atom is 0.333 e. The lowest BCUT2D eigenvalue weighted by Crippen LogP contribution is -2.62. The number of amides is 3. The molecule has 1 aromatic carbocycles. The molecule has 0 aliphatic carbocycles. The van der Waals surface area contributed by atoms with Crippen LogP contribution >= 0.6 is 23.2 Å². The summed E-state index contributed by atoms with van der Waals surface area (Å²) in [5.41, 5.74) is 1.09. The van der Waals surface area contributed by atoms with Gasteiger partial charge in [0, 0.05) is 45.5 Å². The van der Waals surface area contributed by atoms with Crippen LogP contribution in [0.25, 0.3) is 0 Å². The van der Waals surface area contributed by atoms with Crippen LogP contribution in [0.5, 0.6) is 0 Å². The summed E-state index contributed by atoms with van der Waals surface area (Å²) in [6.45, 7) is 5.17. The van der Waals surface area contributed by atoms with Gasteiger partial charge in [-0.25, -0.2) is 9.37 Å². The van der Waals surface area contributed by atoms with Gasteiger partial charge in [0.1, 0.15) is 0 Å². The van der Waals surface area contributed by atoms with Gasteiger partial charge in [-0.15, -0.1) is 0 Å². The molecule has 0 N–H and O–H groups in total. The minimum absolute atomic E-state index is 0.187. The summed E-state index contributed by atoms with van der Waals surface area (Å²) in [6, 6.07) is 4.97. The molecule has 8 nitrogen and oxygen atoms in total. The van der Waals surface area contributed by atoms with Gasteiger partial charge in [-0.05, 0) is 42.6 Å². The molecule has 3 heterocycles. The second-order valence-electron chi connectivity index (χ2n) is 8.14. The van der Waals surface area contributed by atoms with E-state index in [9.17, 15) is 9.59 Å². The standard InChI is InChI=1S/C21H27Cl2N6O2/c1-25-14-24-19-18(25)20(30)29(21(31)26(19)2)8-4-3-7-27-9-11-28(12-10-27)15-5-6-16(22)17(23)13-15/h5-6,13-14,18H,3-4,7-12H2,1-2H3/q+1. The maximum atomic E-state index is 12.8. The Hall–Kier alpha value is -2.16. The lowest BCUT2D eigenvalue weighted by atomic mass is 10.1. The van der Waals surface area contributed by atoms with Crippen molar-refractivity contribution in [3.8, 4) is 0 Å². The lowest BCUT2D eigenvalue weighted by molar-refractivity contribution is -0.500. The molecular formula is C21H27Cl2N6O2+. The number of unbranched alkanes of at least 4 members (excludes halogenated alkanes) is 1. The van der Waals surface area contributed by atoms with E-state index in [4.69, 9.17) is 23.2 Å². The number of aliphatic imine (C=N–C) groups is 1. The number of urea groups is 1. The second kappa shape index (κ2) is 9.14. The molecular weight excluding hydrogens is 439 g/mol. The Morgan fingerprint density at radius 2 is 1.77 bits per heavy atom. The highest BCUT2D eigenvalue weighted by Crippen LogP contribution is 2.27. The van der Waals surface area contributed by atoms with E-state index in [-0.39, 0.29) is 11.9 Å². The zero-order valence-electron chi connectivity index (χ0n) is 17.8. The van der Waals surface area contributed by atoms with Gasteiger partial charge < -0.3 is 4.90 Å². The Balaban J connectivity index is 1.22. The van der Waals surface area contributed by atoms with Crippen molar-refractivity contribution in [2.75, 3.05) is 58.3 Å². The first-order valence-electron chi connectivity index (χ1n) is 10.5. The molecule has 1 aromatic rings. The van der Waals surface area contributed by atoms with Gasteiger partial charge in [0.05, 0.1) is 17.1 Å². The summed E-state index contributed by atoms with van der Waals surface area (Å²) >= 11 is 12.2. The zero-order valence-corrected chi connectivity index (χ0v) is 19.3. The molecule has 3 aliphatic rings. The van der Waals surface area contributed by atoms with Gasteiger partial charge in [-0.1, -0.05) is 23.2 Å². The Morgan fingerprint density at radius 3 is 2.48 bits per heavy atom. The monoisotopic (exact) mass is 465 g/mol. The molecule has 0 aromatic heterocycles. The third-order valence-electron chi connectivity index (χ3n) is 6.13. The third-order valence-corrected chi connectivity index (χ3v) is 6.87. The Labute approximate surface area is 192 Å². The summed E-state index contributed by atoms with van der Waals surface area (Å²) < 4.78 is 1.75. The average Bonchev–Trinajstić information content (AvgIpc) is 3.16. The van der Waals surface area contributed by atoms with Crippen LogP contribution < -0.4 is 4.90 Å². The van der Waals surface area contributed by atoms with E-state index < -0.39 is 6.04 Å². The van der Waals surface area contributed by atoms with E-state index in [1.54, 1.807) is 25.0 Å². The number of nitrogens with zero attached hydrogens (tertiary/aromatic N) is 6. The van der Waals surface area contributed by atoms with Crippen molar-refractivity contribution >= 4 is 53.0 Å². The molecule has 2 saturated heterocycles. The maximum absolute atomic E-state index is 12.8. The largest absolute Gasteiger partial charge is 0.369 e. The summed E-state index contributed by atoms with van der Waals surface area (Å²) in [5.74, 6) is 0.321. The van der Waals surface area contributed by atoms with E-state index in [1.165, 1.54) is 9.80 Å². The van der Waals surface area contributed by atoms with Gasteiger partial charge in [0.15, 0.2) is 0 Å². The van der Waals surface area contributed by atoms with Crippen LogP contribution in [0.4, 0.5) is 10.5 Å². The summed E-state index contributed by atoms with van der Waals surface area (Å²) in [4.78, 5) is 37.1. The first-order valence-corrected chi connectivity index (χ1v) is 11.3. The quantitative estimate of drug-likeness (QED) is 0.477. The van der Waals surface area contributed by atoms with E-state index in [0.29, 0.717) is 22.4 Å². The predicted molar refractivity (Wildman–Crippen MR) is 123 cm³/mol. The van der Waals surface area contributed by atoms with Crippen LogP contribution in [0.15, 0.2) is 23.2 Å². The smallest absolute Gasteiger partial charge is 0.333 e. The number of piperazine rings is 1. The fourth-order valence-electron chi connectivity index (χ4n) is 4.27. The molecule has 0 bridgehead atoms. The fraction of sp³-hybridized carbons (Fsp3) is 0.524. The first-order chi connectivity index (χ1) is 14.9. The highest BCUT2D eigenvalue weighted by molar-refractivity contribution is 6.42. The van der Waals surface area contributed by atoms with Crippen LogP contribution in [0, 0.1) is 0 Å².